The molecule has 1 saturated heterocycles. The Morgan fingerprint density at radius 2 is 1.74 bits per heavy atom. The van der Waals surface area contributed by atoms with E-state index < -0.39 is 12.2 Å². The maximum Gasteiger partial charge on any atom is 0.673 e. The van der Waals surface area contributed by atoms with E-state index in [1.807, 2.05) is 6.92 Å². The van der Waals surface area contributed by atoms with Crippen LogP contribution in [0.4, 0.5) is 23.0 Å². The van der Waals surface area contributed by atoms with Gasteiger partial charge in [0.15, 0.2) is 4.98 Å². The molecule has 12 heteroatoms. The van der Waals surface area contributed by atoms with Crippen LogP contribution in [-0.2, 0) is 4.74 Å². The third-order valence-corrected chi connectivity index (χ3v) is 3.58. The predicted molar refractivity (Wildman–Crippen MR) is 92.3 cm³/mol. The van der Waals surface area contributed by atoms with E-state index in [2.05, 4.69) is 9.88 Å². The fourth-order valence-corrected chi connectivity index (χ4v) is 2.51. The van der Waals surface area contributed by atoms with Crippen molar-refractivity contribution in [3.8, 4) is 0 Å². The molecule has 0 N–H and O–H groups in total. The largest absolute Gasteiger partial charge is 0.673 e. The van der Waals surface area contributed by atoms with Gasteiger partial charge in [-0.25, -0.2) is 0 Å². The Morgan fingerprint density at radius 3 is 2.15 bits per heavy atom. The first-order valence-electron chi connectivity index (χ1n) is 8.26. The van der Waals surface area contributed by atoms with E-state index in [0.717, 1.165) is 25.9 Å². The number of hydrogen-bond acceptors (Lipinski definition) is 5. The van der Waals surface area contributed by atoms with Gasteiger partial charge >= 0.3 is 13.0 Å². The molecular formula is C15H19BF4N4O3. The number of halogens is 4. The highest BCUT2D eigenvalue weighted by molar-refractivity contribution is 6.50. The molecular weight excluding hydrogens is 371 g/mol. The Kier molecular flexibility index (Phi) is 8.51. The summed E-state index contributed by atoms with van der Waals surface area (Å²) < 4.78 is 44.7. The molecule has 1 aliphatic rings. The minimum absolute atomic E-state index is 0.00280. The van der Waals surface area contributed by atoms with Crippen molar-refractivity contribution in [3.63, 3.8) is 0 Å². The summed E-state index contributed by atoms with van der Waals surface area (Å²) in [6.07, 6.45) is 3.31. The Bertz CT molecular complexity index is 692. The molecule has 0 bridgehead atoms. The smallest absolute Gasteiger partial charge is 0.474 e. The summed E-state index contributed by atoms with van der Waals surface area (Å²) in [6, 6.07) is 5.91. The van der Waals surface area contributed by atoms with Crippen LogP contribution in [0.25, 0.3) is 10.7 Å². The lowest BCUT2D eigenvalue weighted by molar-refractivity contribution is -0.384. The van der Waals surface area contributed by atoms with Gasteiger partial charge in [-0.3, -0.25) is 10.1 Å². The molecule has 0 spiro atoms. The predicted octanol–water partition coefficient (Wildman–Crippen LogP) is 4.90. The Balaban J connectivity index is 0.000000646. The summed E-state index contributed by atoms with van der Waals surface area (Å²) in [7, 11) is -6.00. The van der Waals surface area contributed by atoms with Crippen LogP contribution in [0, 0.1) is 15.5 Å². The number of nitrogens with zero attached hydrogens (tertiary/aromatic N) is 4. The maximum absolute atomic E-state index is 10.7. The van der Waals surface area contributed by atoms with Crippen LogP contribution in [0.2, 0.25) is 0 Å². The Morgan fingerprint density at radius 1 is 1.22 bits per heavy atom. The highest BCUT2D eigenvalue weighted by Crippen LogP contribution is 2.27. The van der Waals surface area contributed by atoms with Crippen LogP contribution in [0.1, 0.15) is 31.7 Å². The van der Waals surface area contributed by atoms with Gasteiger partial charge in [0.1, 0.15) is 0 Å². The van der Waals surface area contributed by atoms with Gasteiger partial charge in [-0.15, -0.1) is 0 Å². The molecule has 0 radical (unpaired) electrons. The van der Waals surface area contributed by atoms with E-state index in [1.54, 1.807) is 12.1 Å². The van der Waals surface area contributed by atoms with Gasteiger partial charge in [0.05, 0.1) is 17.1 Å². The molecule has 0 aliphatic carbocycles. The first-order valence-corrected chi connectivity index (χ1v) is 8.26. The van der Waals surface area contributed by atoms with Crippen molar-refractivity contribution in [1.82, 2.24) is 4.90 Å². The molecule has 27 heavy (non-hydrogen) atoms. The SMILES string of the molecule is CCO/C(=C(/[N+]#N)c1ccc([N+](=O)[O-])cc1)N1CCCCC1.F[B-](F)(F)F. The molecule has 0 amide bonds. The fourth-order valence-electron chi connectivity index (χ4n) is 2.51. The van der Waals surface area contributed by atoms with Gasteiger partial charge in [0.25, 0.3) is 11.6 Å². The maximum atomic E-state index is 10.7. The summed E-state index contributed by atoms with van der Waals surface area (Å²) in [4.78, 5) is 15.7. The number of benzene rings is 1. The molecule has 1 aliphatic heterocycles. The van der Waals surface area contributed by atoms with Crippen molar-refractivity contribution < 1.29 is 26.9 Å². The molecule has 1 aromatic rings. The average Bonchev–Trinajstić information content (AvgIpc) is 2.61. The molecule has 0 aromatic heterocycles. The summed E-state index contributed by atoms with van der Waals surface area (Å²) >= 11 is 0. The number of nitro benzene ring substituents is 1. The van der Waals surface area contributed by atoms with Crippen LogP contribution >= 0.6 is 0 Å². The van der Waals surface area contributed by atoms with E-state index in [1.165, 1.54) is 18.6 Å². The van der Waals surface area contributed by atoms with Crippen molar-refractivity contribution in [2.75, 3.05) is 19.7 Å². The van der Waals surface area contributed by atoms with E-state index in [4.69, 9.17) is 4.74 Å². The number of diazo groups is 1. The van der Waals surface area contributed by atoms with Crippen LogP contribution < -0.4 is 0 Å². The zero-order valence-corrected chi connectivity index (χ0v) is 14.7. The third kappa shape index (κ3) is 7.93. The second-order valence-electron chi connectivity index (χ2n) is 5.53. The molecule has 0 atom stereocenters. The second-order valence-corrected chi connectivity index (χ2v) is 5.53. The lowest BCUT2D eigenvalue weighted by Crippen LogP contribution is -2.31. The summed E-state index contributed by atoms with van der Waals surface area (Å²) in [6.45, 7) is 4.02. The van der Waals surface area contributed by atoms with Crippen molar-refractivity contribution in [2.45, 2.75) is 26.2 Å². The average molecular weight is 390 g/mol. The third-order valence-electron chi connectivity index (χ3n) is 3.58. The number of likely N-dealkylation sites (tertiary alicyclic amines) is 1. The van der Waals surface area contributed by atoms with Crippen molar-refractivity contribution in [3.05, 3.63) is 50.8 Å². The number of rotatable bonds is 5. The van der Waals surface area contributed by atoms with E-state index in [0.29, 0.717) is 23.8 Å². The van der Waals surface area contributed by atoms with Gasteiger partial charge in [-0.1, -0.05) is 0 Å². The van der Waals surface area contributed by atoms with Gasteiger partial charge in [0, 0.05) is 25.2 Å². The van der Waals surface area contributed by atoms with E-state index >= 15 is 0 Å². The van der Waals surface area contributed by atoms with Crippen molar-refractivity contribution in [1.29, 1.82) is 5.39 Å². The molecule has 148 valence electrons. The summed E-state index contributed by atoms with van der Waals surface area (Å²) in [5.74, 6) is 0.526. The zero-order chi connectivity index (χ0) is 20.4. The second kappa shape index (κ2) is 10.3. The molecule has 2 rings (SSSR count). The Hall–Kier alpha value is -2.84. The highest BCUT2D eigenvalue weighted by Gasteiger charge is 2.29. The minimum Gasteiger partial charge on any atom is -0.474 e. The minimum atomic E-state index is -6.00. The topological polar surface area (TPSA) is 83.8 Å². The lowest BCUT2D eigenvalue weighted by Gasteiger charge is -2.28. The highest BCUT2D eigenvalue weighted by atomic mass is 19.5. The first-order chi connectivity index (χ1) is 12.7. The normalized spacial score (nSPS) is 15.0. The van der Waals surface area contributed by atoms with E-state index in [-0.39, 0.29) is 5.69 Å². The Labute approximate surface area is 153 Å². The lowest BCUT2D eigenvalue weighted by atomic mass is 10.1. The standard InChI is InChI=1S/C15H19N4O3.BF4/c1-2-22-15(18-10-4-3-5-11-18)14(17-16)12-6-8-13(9-7-12)19(20)21;2-1(3,4)5/h6-9H,2-5,10-11H2,1H3;/q+1;-1/b15-14+;. The zero-order valence-electron chi connectivity index (χ0n) is 14.7. The number of non-ortho nitro benzene ring substituents is 1. The van der Waals surface area contributed by atoms with Crippen molar-refractivity contribution >= 4 is 18.6 Å². The first kappa shape index (κ1) is 22.2. The van der Waals surface area contributed by atoms with Gasteiger partial charge in [0.2, 0.25) is 5.39 Å². The molecule has 1 heterocycles. The molecule has 7 nitrogen and oxygen atoms in total. The number of nitro groups is 1. The summed E-state index contributed by atoms with van der Waals surface area (Å²) in [5, 5.41) is 20.1. The number of ether oxygens (including phenoxy) is 1. The number of piperidine rings is 1. The molecule has 0 saturated carbocycles. The molecule has 1 fully saturated rings. The molecule has 0 unspecified atom stereocenters. The van der Waals surface area contributed by atoms with E-state index in [9.17, 15) is 32.8 Å². The van der Waals surface area contributed by atoms with Crippen LogP contribution in [-0.4, -0.2) is 36.8 Å². The van der Waals surface area contributed by atoms with Crippen LogP contribution in [0.15, 0.2) is 30.1 Å². The number of hydrogen-bond donors (Lipinski definition) is 0. The fraction of sp³-hybridized carbons (Fsp3) is 0.467. The quantitative estimate of drug-likeness (QED) is 0.178. The monoisotopic (exact) mass is 390 g/mol. The van der Waals surface area contributed by atoms with Crippen LogP contribution in [0.5, 0.6) is 0 Å². The molecule has 1 aromatic carbocycles. The summed E-state index contributed by atoms with van der Waals surface area (Å²) in [5.41, 5.74) is 0.887. The van der Waals surface area contributed by atoms with Gasteiger partial charge < -0.3 is 26.9 Å². The van der Waals surface area contributed by atoms with Gasteiger partial charge in [-0.2, -0.15) is 0 Å². The van der Waals surface area contributed by atoms with Gasteiger partial charge in [-0.05, 0) is 38.3 Å². The van der Waals surface area contributed by atoms with Crippen LogP contribution in [0.3, 0.4) is 0 Å². The van der Waals surface area contributed by atoms with Crippen molar-refractivity contribution in [2.24, 2.45) is 0 Å².